The normalized spacial score (nSPS) is 11.2. The van der Waals surface area contributed by atoms with Crippen molar-refractivity contribution in [3.05, 3.63) is 12.7 Å². The summed E-state index contributed by atoms with van der Waals surface area (Å²) in [6, 6.07) is 0. The van der Waals surface area contributed by atoms with Crippen molar-refractivity contribution >= 4 is 11.9 Å². The highest BCUT2D eigenvalue weighted by molar-refractivity contribution is 5.81. The average Bonchev–Trinajstić information content (AvgIpc) is 2.69. The first-order valence-corrected chi connectivity index (χ1v) is 11.5. The van der Waals surface area contributed by atoms with Crippen LogP contribution in [0.5, 0.6) is 0 Å². The van der Waals surface area contributed by atoms with E-state index >= 15 is 0 Å². The van der Waals surface area contributed by atoms with E-state index in [1.807, 2.05) is 0 Å². The third kappa shape index (κ3) is 31.6. The Hall–Kier alpha value is -1.36. The van der Waals surface area contributed by atoms with Gasteiger partial charge >= 0.3 is 11.9 Å². The van der Waals surface area contributed by atoms with Crippen LogP contribution in [0.25, 0.3) is 0 Å². The van der Waals surface area contributed by atoms with Crippen molar-refractivity contribution < 1.29 is 24.2 Å². The van der Waals surface area contributed by atoms with Crippen LogP contribution in [0.4, 0.5) is 0 Å². The molecule has 0 rings (SSSR count). The molecule has 1 N–H and O–H groups in total. The van der Waals surface area contributed by atoms with Gasteiger partial charge in [0.05, 0.1) is 12.7 Å². The van der Waals surface area contributed by atoms with E-state index in [0.29, 0.717) is 6.61 Å². The Morgan fingerprint density at radius 1 is 0.828 bits per heavy atom. The van der Waals surface area contributed by atoms with Gasteiger partial charge < -0.3 is 14.6 Å². The van der Waals surface area contributed by atoms with Crippen LogP contribution in [-0.4, -0.2) is 36.4 Å². The zero-order valence-corrected chi connectivity index (χ0v) is 19.3. The van der Waals surface area contributed by atoms with Crippen molar-refractivity contribution in [2.45, 2.75) is 117 Å². The number of aliphatic hydroxyl groups excluding tert-OH is 1. The summed E-state index contributed by atoms with van der Waals surface area (Å²) in [6.07, 6.45) is 19.5. The fourth-order valence-corrected chi connectivity index (χ4v) is 2.77. The lowest BCUT2D eigenvalue weighted by molar-refractivity contribution is -0.141. The number of aliphatic hydroxyl groups is 1. The Morgan fingerprint density at radius 2 is 1.24 bits per heavy atom. The molecule has 0 aromatic rings. The number of unbranched alkanes of at least 4 members (excludes halogenated alkanes) is 13. The molecule has 0 fully saturated rings. The van der Waals surface area contributed by atoms with E-state index in [9.17, 15) is 9.59 Å². The molecule has 5 nitrogen and oxygen atoms in total. The van der Waals surface area contributed by atoms with Crippen LogP contribution in [0.1, 0.15) is 111 Å². The highest BCUT2D eigenvalue weighted by Gasteiger charge is 1.98. The van der Waals surface area contributed by atoms with Crippen molar-refractivity contribution in [2.24, 2.45) is 0 Å². The molecule has 0 radical (unpaired) electrons. The monoisotopic (exact) mass is 414 g/mol. The summed E-state index contributed by atoms with van der Waals surface area (Å²) in [5.41, 5.74) is 0. The van der Waals surface area contributed by atoms with Gasteiger partial charge in [-0.3, -0.25) is 4.79 Å². The van der Waals surface area contributed by atoms with E-state index in [2.05, 4.69) is 18.2 Å². The van der Waals surface area contributed by atoms with Crippen LogP contribution < -0.4 is 0 Å². The van der Waals surface area contributed by atoms with Gasteiger partial charge in [0.15, 0.2) is 0 Å². The van der Waals surface area contributed by atoms with Crippen molar-refractivity contribution in [3.8, 4) is 0 Å². The maximum Gasteiger partial charge on any atom is 0.330 e. The molecule has 0 aliphatic carbocycles. The van der Waals surface area contributed by atoms with E-state index in [0.717, 1.165) is 12.5 Å². The third-order valence-corrected chi connectivity index (χ3v) is 4.44. The van der Waals surface area contributed by atoms with Gasteiger partial charge in [-0.1, -0.05) is 97.0 Å². The van der Waals surface area contributed by atoms with Gasteiger partial charge in [0.25, 0.3) is 0 Å². The van der Waals surface area contributed by atoms with Gasteiger partial charge in [-0.15, -0.1) is 0 Å². The Labute approximate surface area is 179 Å². The van der Waals surface area contributed by atoms with Crippen molar-refractivity contribution in [1.29, 1.82) is 0 Å². The second-order valence-corrected chi connectivity index (χ2v) is 7.62. The van der Waals surface area contributed by atoms with Crippen molar-refractivity contribution in [1.82, 2.24) is 0 Å². The molecule has 0 saturated heterocycles. The fourth-order valence-electron chi connectivity index (χ4n) is 2.77. The molecular formula is C24H46O5. The fraction of sp³-hybridized carbons (Fsp3) is 0.833. The van der Waals surface area contributed by atoms with E-state index in [-0.39, 0.29) is 12.6 Å². The molecule has 0 amide bonds. The highest BCUT2D eigenvalue weighted by atomic mass is 16.5. The van der Waals surface area contributed by atoms with Gasteiger partial charge in [-0.2, -0.15) is 0 Å². The lowest BCUT2D eigenvalue weighted by Crippen LogP contribution is -2.13. The molecule has 0 aromatic heterocycles. The molecule has 0 heterocycles. The summed E-state index contributed by atoms with van der Waals surface area (Å²) in [5, 5.41) is 8.59. The van der Waals surface area contributed by atoms with Crippen molar-refractivity contribution in [3.63, 3.8) is 0 Å². The van der Waals surface area contributed by atoms with E-state index in [4.69, 9.17) is 9.84 Å². The first-order chi connectivity index (χ1) is 13.9. The molecule has 0 aliphatic heterocycles. The number of hydrogen-bond acceptors (Lipinski definition) is 5. The zero-order chi connectivity index (χ0) is 22.2. The molecule has 0 aliphatic rings. The second kappa shape index (κ2) is 24.7. The topological polar surface area (TPSA) is 72.8 Å². The minimum Gasteiger partial charge on any atom is -0.466 e. The largest absolute Gasteiger partial charge is 0.466 e. The molecule has 29 heavy (non-hydrogen) atoms. The quantitative estimate of drug-likeness (QED) is 0.166. The van der Waals surface area contributed by atoms with Gasteiger partial charge in [0, 0.05) is 13.0 Å². The second-order valence-electron chi connectivity index (χ2n) is 7.62. The van der Waals surface area contributed by atoms with Gasteiger partial charge in [0.1, 0.15) is 6.61 Å². The SMILES string of the molecule is C=CC(=O)OCC(C)O.CCCCCCCCCCCCCCCCOC(C)=O. The van der Waals surface area contributed by atoms with Crippen LogP contribution >= 0.6 is 0 Å². The molecule has 172 valence electrons. The van der Waals surface area contributed by atoms with Gasteiger partial charge in [-0.25, -0.2) is 4.79 Å². The Bertz CT molecular complexity index is 379. The first kappa shape index (κ1) is 29.8. The van der Waals surface area contributed by atoms with E-state index in [1.54, 1.807) is 0 Å². The molecule has 1 atom stereocenters. The number of ether oxygens (including phenoxy) is 2. The van der Waals surface area contributed by atoms with E-state index in [1.165, 1.54) is 97.3 Å². The van der Waals surface area contributed by atoms with Gasteiger partial charge in [-0.05, 0) is 13.3 Å². The lowest BCUT2D eigenvalue weighted by atomic mass is 10.0. The Balaban J connectivity index is 0. The molecule has 0 saturated carbocycles. The minimum atomic E-state index is -0.603. The molecule has 0 bridgehead atoms. The van der Waals surface area contributed by atoms with Crippen molar-refractivity contribution in [2.75, 3.05) is 13.2 Å². The van der Waals surface area contributed by atoms with Crippen LogP contribution in [0.2, 0.25) is 0 Å². The summed E-state index contributed by atoms with van der Waals surface area (Å²) in [4.78, 5) is 20.8. The molecule has 0 aromatic carbocycles. The molecular weight excluding hydrogens is 368 g/mol. The van der Waals surface area contributed by atoms with Gasteiger partial charge in [0.2, 0.25) is 0 Å². The Morgan fingerprint density at radius 3 is 1.59 bits per heavy atom. The van der Waals surface area contributed by atoms with Crippen LogP contribution in [0.15, 0.2) is 12.7 Å². The summed E-state index contributed by atoms with van der Waals surface area (Å²) in [6.45, 7) is 9.11. The lowest BCUT2D eigenvalue weighted by Gasteiger charge is -2.03. The maximum atomic E-state index is 10.6. The third-order valence-electron chi connectivity index (χ3n) is 4.44. The number of hydrogen-bond donors (Lipinski definition) is 1. The summed E-state index contributed by atoms with van der Waals surface area (Å²) < 4.78 is 9.36. The number of rotatable bonds is 18. The molecule has 5 heteroatoms. The van der Waals surface area contributed by atoms with Crippen LogP contribution in [0.3, 0.4) is 0 Å². The maximum absolute atomic E-state index is 10.6. The number of carbonyl (C=O) groups is 2. The summed E-state index contributed by atoms with van der Waals surface area (Å²) >= 11 is 0. The summed E-state index contributed by atoms with van der Waals surface area (Å²) in [7, 11) is 0. The minimum absolute atomic E-state index is 0.0326. The Kier molecular flexibility index (Phi) is 25.4. The van der Waals surface area contributed by atoms with Crippen LogP contribution in [0, 0.1) is 0 Å². The van der Waals surface area contributed by atoms with Crippen LogP contribution in [-0.2, 0) is 19.1 Å². The highest BCUT2D eigenvalue weighted by Crippen LogP contribution is 2.12. The first-order valence-electron chi connectivity index (χ1n) is 11.5. The zero-order valence-electron chi connectivity index (χ0n) is 19.3. The number of esters is 2. The predicted octanol–water partition coefficient (Wildman–Crippen LogP) is 6.13. The smallest absolute Gasteiger partial charge is 0.330 e. The summed E-state index contributed by atoms with van der Waals surface area (Å²) in [5.74, 6) is -0.657. The van der Waals surface area contributed by atoms with E-state index < -0.39 is 12.1 Å². The molecule has 0 spiro atoms. The predicted molar refractivity (Wildman–Crippen MR) is 120 cm³/mol. The molecule has 1 unspecified atom stereocenters. The number of carbonyl (C=O) groups excluding carboxylic acids is 2. The average molecular weight is 415 g/mol. The standard InChI is InChI=1S/C18H36O2.C6H10O3/c1-3-4-5-6-7-8-9-10-11-12-13-14-15-16-17-20-18(2)19;1-3-6(8)9-4-5(2)7/h3-17H2,1-2H3;3,5,7H,1,4H2,2H3.